The predicted octanol–water partition coefficient (Wildman–Crippen LogP) is 4.87. The van der Waals surface area contributed by atoms with Crippen LogP contribution in [0, 0.1) is 0 Å². The summed E-state index contributed by atoms with van der Waals surface area (Å²) in [4.78, 5) is 23.7. The summed E-state index contributed by atoms with van der Waals surface area (Å²) < 4.78 is 10.8. The molecule has 0 aliphatic carbocycles. The Bertz CT molecular complexity index is 1070. The van der Waals surface area contributed by atoms with E-state index in [0.29, 0.717) is 32.3 Å². The number of carboxylic acids is 1. The van der Waals surface area contributed by atoms with E-state index < -0.39 is 11.9 Å². The highest BCUT2D eigenvalue weighted by molar-refractivity contribution is 6.39. The second-order valence-corrected chi connectivity index (χ2v) is 6.65. The molecule has 144 valence electrons. The van der Waals surface area contributed by atoms with Crippen molar-refractivity contribution in [3.63, 3.8) is 0 Å². The van der Waals surface area contributed by atoms with Crippen molar-refractivity contribution in [1.82, 2.24) is 0 Å². The van der Waals surface area contributed by atoms with Crippen LogP contribution >= 0.6 is 23.2 Å². The first-order chi connectivity index (χ1) is 13.4. The molecule has 0 saturated carbocycles. The highest BCUT2D eigenvalue weighted by Gasteiger charge is 2.15. The van der Waals surface area contributed by atoms with E-state index in [9.17, 15) is 14.7 Å². The lowest BCUT2D eigenvalue weighted by atomic mass is 10.1. The first-order valence-corrected chi connectivity index (χ1v) is 8.86. The summed E-state index contributed by atoms with van der Waals surface area (Å²) in [5.74, 6) is -0.900. The molecule has 3 aromatic carbocycles. The molecule has 0 heterocycles. The number of benzene rings is 3. The minimum absolute atomic E-state index is 0.00836. The summed E-state index contributed by atoms with van der Waals surface area (Å²) in [6.07, 6.45) is 0. The van der Waals surface area contributed by atoms with E-state index in [0.717, 1.165) is 0 Å². The van der Waals surface area contributed by atoms with E-state index >= 15 is 0 Å². The Labute approximate surface area is 170 Å². The lowest BCUT2D eigenvalue weighted by molar-refractivity contribution is -0.118. The van der Waals surface area contributed by atoms with Crippen LogP contribution in [0.3, 0.4) is 0 Å². The molecule has 0 radical (unpaired) electrons. The quantitative estimate of drug-likeness (QED) is 0.595. The van der Waals surface area contributed by atoms with Gasteiger partial charge in [0.15, 0.2) is 6.61 Å². The minimum Gasteiger partial charge on any atom is -0.495 e. The molecule has 0 aliphatic heterocycles. The molecule has 0 unspecified atom stereocenters. The Morgan fingerprint density at radius 2 is 1.82 bits per heavy atom. The van der Waals surface area contributed by atoms with Crippen LogP contribution in [0.25, 0.3) is 10.8 Å². The van der Waals surface area contributed by atoms with Gasteiger partial charge in [0.2, 0.25) is 0 Å². The second-order valence-electron chi connectivity index (χ2n) is 5.80. The monoisotopic (exact) mass is 419 g/mol. The number of halogens is 2. The van der Waals surface area contributed by atoms with Crippen LogP contribution in [0.4, 0.5) is 5.69 Å². The molecule has 8 heteroatoms. The normalized spacial score (nSPS) is 10.5. The summed E-state index contributed by atoms with van der Waals surface area (Å²) >= 11 is 12.3. The minimum atomic E-state index is -1.14. The first kappa shape index (κ1) is 19.8. The molecule has 6 nitrogen and oxygen atoms in total. The van der Waals surface area contributed by atoms with Crippen LogP contribution in [-0.4, -0.2) is 30.7 Å². The van der Waals surface area contributed by atoms with Gasteiger partial charge in [0.05, 0.1) is 23.4 Å². The van der Waals surface area contributed by atoms with Gasteiger partial charge in [0.25, 0.3) is 5.91 Å². The smallest absolute Gasteiger partial charge is 0.335 e. The van der Waals surface area contributed by atoms with Gasteiger partial charge in [-0.1, -0.05) is 35.3 Å². The molecule has 0 bridgehead atoms. The summed E-state index contributed by atoms with van der Waals surface area (Å²) in [6, 6.07) is 12.8. The lowest BCUT2D eigenvalue weighted by Gasteiger charge is -2.13. The first-order valence-electron chi connectivity index (χ1n) is 8.11. The Balaban J connectivity index is 1.87. The molecule has 2 N–H and O–H groups in total. The number of carboxylic acid groups (broad SMARTS) is 1. The second kappa shape index (κ2) is 8.37. The average Bonchev–Trinajstić information content (AvgIpc) is 2.65. The van der Waals surface area contributed by atoms with Crippen LogP contribution in [0.2, 0.25) is 10.0 Å². The van der Waals surface area contributed by atoms with E-state index in [2.05, 4.69) is 5.32 Å². The molecule has 0 atom stereocenters. The summed E-state index contributed by atoms with van der Waals surface area (Å²) in [5.41, 5.74) is 0.485. The average molecular weight is 420 g/mol. The van der Waals surface area contributed by atoms with Crippen molar-refractivity contribution < 1.29 is 24.2 Å². The van der Waals surface area contributed by atoms with Gasteiger partial charge in [0.1, 0.15) is 11.5 Å². The van der Waals surface area contributed by atoms with Crippen molar-refractivity contribution in [2.24, 2.45) is 0 Å². The van der Waals surface area contributed by atoms with Crippen molar-refractivity contribution >= 4 is 51.5 Å². The van der Waals surface area contributed by atoms with Crippen LogP contribution < -0.4 is 14.8 Å². The van der Waals surface area contributed by atoms with E-state index in [1.165, 1.54) is 25.3 Å². The Morgan fingerprint density at radius 3 is 2.54 bits per heavy atom. The lowest BCUT2D eigenvalue weighted by Crippen LogP contribution is -2.20. The van der Waals surface area contributed by atoms with Gasteiger partial charge in [-0.3, -0.25) is 4.79 Å². The molecule has 3 aromatic rings. The number of aromatic carboxylic acids is 1. The van der Waals surface area contributed by atoms with Gasteiger partial charge in [-0.2, -0.15) is 0 Å². The van der Waals surface area contributed by atoms with E-state index in [4.69, 9.17) is 32.7 Å². The molecule has 3 rings (SSSR count). The fourth-order valence-corrected chi connectivity index (χ4v) is 3.31. The molecule has 28 heavy (non-hydrogen) atoms. The van der Waals surface area contributed by atoms with Crippen LogP contribution in [-0.2, 0) is 4.79 Å². The zero-order valence-electron chi connectivity index (χ0n) is 14.7. The van der Waals surface area contributed by atoms with Gasteiger partial charge in [-0.15, -0.1) is 0 Å². The number of rotatable bonds is 6. The highest BCUT2D eigenvalue weighted by Crippen LogP contribution is 2.36. The number of hydrogen-bond donors (Lipinski definition) is 2. The zero-order valence-corrected chi connectivity index (χ0v) is 16.2. The number of fused-ring (bicyclic) bond motifs is 1. The number of ether oxygens (including phenoxy) is 2. The van der Waals surface area contributed by atoms with E-state index in [-0.39, 0.29) is 17.9 Å². The number of carbonyl (C=O) groups is 2. The molecule has 0 aliphatic rings. The largest absolute Gasteiger partial charge is 0.495 e. The standard InChI is InChI=1S/C20H15Cl2NO5/c1-27-16-5-3-2-4-15(16)23-18(24)10-28-17-8-12(20(25)26)6-11-7-13(21)9-14(22)19(11)17/h2-9H,10H2,1H3,(H,23,24)(H,25,26). The predicted molar refractivity (Wildman–Crippen MR) is 108 cm³/mol. The fraction of sp³-hybridized carbons (Fsp3) is 0.100. The summed E-state index contributed by atoms with van der Waals surface area (Å²) in [6.45, 7) is -0.352. The third-order valence-corrected chi connectivity index (χ3v) is 4.43. The van der Waals surface area contributed by atoms with Crippen molar-refractivity contribution in [3.8, 4) is 11.5 Å². The fourth-order valence-electron chi connectivity index (χ4n) is 2.70. The molecule has 0 fully saturated rings. The van der Waals surface area contributed by atoms with Crippen molar-refractivity contribution in [2.45, 2.75) is 0 Å². The SMILES string of the molecule is COc1ccccc1NC(=O)COc1cc(C(=O)O)cc2cc(Cl)cc(Cl)c12. The van der Waals surface area contributed by atoms with Crippen LogP contribution in [0.15, 0.2) is 48.5 Å². The number of para-hydroxylation sites is 2. The van der Waals surface area contributed by atoms with Gasteiger partial charge >= 0.3 is 5.97 Å². The molecule has 0 saturated heterocycles. The van der Waals surface area contributed by atoms with E-state index in [1.54, 1.807) is 30.3 Å². The Morgan fingerprint density at radius 1 is 1.07 bits per heavy atom. The topological polar surface area (TPSA) is 84.9 Å². The number of amides is 1. The third-order valence-electron chi connectivity index (χ3n) is 3.92. The van der Waals surface area contributed by atoms with E-state index in [1.807, 2.05) is 0 Å². The summed E-state index contributed by atoms with van der Waals surface area (Å²) in [7, 11) is 1.50. The molecule has 0 aromatic heterocycles. The maximum absolute atomic E-state index is 12.3. The highest BCUT2D eigenvalue weighted by atomic mass is 35.5. The van der Waals surface area contributed by atoms with Gasteiger partial charge in [-0.05, 0) is 41.8 Å². The molecule has 1 amide bonds. The maximum atomic E-state index is 12.3. The number of methoxy groups -OCH3 is 1. The van der Waals surface area contributed by atoms with Gasteiger partial charge in [-0.25, -0.2) is 4.79 Å². The maximum Gasteiger partial charge on any atom is 0.335 e. The third kappa shape index (κ3) is 4.30. The van der Waals surface area contributed by atoms with Crippen molar-refractivity contribution in [3.05, 3.63) is 64.1 Å². The van der Waals surface area contributed by atoms with Crippen molar-refractivity contribution in [2.75, 3.05) is 19.0 Å². The zero-order chi connectivity index (χ0) is 20.3. The Hall–Kier alpha value is -2.96. The molecular weight excluding hydrogens is 405 g/mol. The van der Waals surface area contributed by atoms with Gasteiger partial charge < -0.3 is 19.9 Å². The molecular formula is C20H15Cl2NO5. The van der Waals surface area contributed by atoms with Crippen LogP contribution in [0.5, 0.6) is 11.5 Å². The van der Waals surface area contributed by atoms with Crippen LogP contribution in [0.1, 0.15) is 10.4 Å². The van der Waals surface area contributed by atoms with Gasteiger partial charge in [0, 0.05) is 10.4 Å². The summed E-state index contributed by atoms with van der Waals surface area (Å²) in [5, 5.41) is 13.6. The number of anilines is 1. The Kier molecular flexibility index (Phi) is 5.92. The number of hydrogen-bond acceptors (Lipinski definition) is 4. The molecule has 0 spiro atoms. The number of nitrogens with one attached hydrogen (secondary N) is 1. The number of carbonyl (C=O) groups excluding carboxylic acids is 1. The van der Waals surface area contributed by atoms with Crippen molar-refractivity contribution in [1.29, 1.82) is 0 Å².